The first-order valence-corrected chi connectivity index (χ1v) is 18.4. The fourth-order valence-corrected chi connectivity index (χ4v) is 9.14. The number of hydrogen-bond acceptors (Lipinski definition) is 3. The number of benzene rings is 8. The Labute approximate surface area is 318 Å². The Morgan fingerprint density at radius 1 is 0.464 bits per heavy atom. The molecule has 0 saturated carbocycles. The van der Waals surface area contributed by atoms with Crippen LogP contribution in [0.2, 0.25) is 0 Å². The highest BCUT2D eigenvalue weighted by molar-refractivity contribution is 6.26. The van der Waals surface area contributed by atoms with Crippen molar-refractivity contribution in [2.24, 2.45) is 0 Å². The summed E-state index contributed by atoms with van der Waals surface area (Å²) < 4.78 is 17.5. The molecule has 0 aliphatic carbocycles. The Balaban J connectivity index is 1.25. The molecule has 0 saturated heterocycles. The van der Waals surface area contributed by atoms with E-state index in [-0.39, 0.29) is 0 Å². The van der Waals surface area contributed by atoms with Crippen LogP contribution in [0, 0.1) is 17.9 Å². The van der Waals surface area contributed by atoms with Crippen LogP contribution in [-0.2, 0) is 0 Å². The summed E-state index contributed by atoms with van der Waals surface area (Å²) in [5.74, 6) is 0. The molecule has 4 aromatic heterocycles. The number of nitrogens with zero attached hydrogens (tertiary/aromatic N) is 4. The highest BCUT2D eigenvalue weighted by Gasteiger charge is 2.26. The van der Waals surface area contributed by atoms with E-state index >= 15 is 0 Å². The largest absolute Gasteiger partial charge is 0.456 e. The van der Waals surface area contributed by atoms with Gasteiger partial charge in [0, 0.05) is 37.9 Å². The second-order valence-corrected chi connectivity index (χ2v) is 14.2. The average molecular weight is 715 g/mol. The van der Waals surface area contributed by atoms with Gasteiger partial charge in [0.05, 0.1) is 56.3 Å². The molecule has 8 aromatic carbocycles. The van der Waals surface area contributed by atoms with Crippen LogP contribution >= 0.6 is 0 Å². The van der Waals surface area contributed by atoms with E-state index in [2.05, 4.69) is 92.8 Å². The maximum absolute atomic E-state index is 10.9. The van der Waals surface area contributed by atoms with Gasteiger partial charge in [-0.3, -0.25) is 0 Å². The third-order valence-electron chi connectivity index (χ3n) is 11.4. The maximum Gasteiger partial charge on any atom is 0.211 e. The van der Waals surface area contributed by atoms with Crippen molar-refractivity contribution in [2.45, 2.75) is 0 Å². The molecule has 0 amide bonds. The van der Waals surface area contributed by atoms with Gasteiger partial charge in [-0.15, -0.1) is 0 Å². The van der Waals surface area contributed by atoms with Gasteiger partial charge in [0.15, 0.2) is 0 Å². The SMILES string of the molecule is [C-]#[N+]c1cccc(-c2cccc(C#N)c2-n2c3ccccc3c3ccc4oc5ccccc5c4c32)c1-n1c2ccccc2c2c3oc4ccccc4c3ccc21. The number of rotatable bonds is 3. The lowest BCUT2D eigenvalue weighted by molar-refractivity contribution is 0.669. The summed E-state index contributed by atoms with van der Waals surface area (Å²) in [4.78, 5) is 4.15. The van der Waals surface area contributed by atoms with Crippen LogP contribution in [0.3, 0.4) is 0 Å². The fourth-order valence-electron chi connectivity index (χ4n) is 9.14. The van der Waals surface area contributed by atoms with Gasteiger partial charge < -0.3 is 18.0 Å². The summed E-state index contributed by atoms with van der Waals surface area (Å²) in [6.07, 6.45) is 0. The third kappa shape index (κ3) is 3.92. The first-order chi connectivity index (χ1) is 27.7. The Bertz CT molecular complexity index is 3750. The second kappa shape index (κ2) is 11.2. The van der Waals surface area contributed by atoms with Crippen LogP contribution in [0.15, 0.2) is 167 Å². The molecule has 6 heteroatoms. The zero-order valence-electron chi connectivity index (χ0n) is 29.6. The van der Waals surface area contributed by atoms with E-state index in [0.29, 0.717) is 11.3 Å². The predicted molar refractivity (Wildman–Crippen MR) is 226 cm³/mol. The molecule has 258 valence electrons. The molecule has 0 fully saturated rings. The summed E-state index contributed by atoms with van der Waals surface area (Å²) in [6.45, 7) is 8.53. The molecule has 0 spiro atoms. The van der Waals surface area contributed by atoms with Gasteiger partial charge in [0.25, 0.3) is 0 Å². The third-order valence-corrected chi connectivity index (χ3v) is 11.4. The lowest BCUT2D eigenvalue weighted by atomic mass is 9.97. The Morgan fingerprint density at radius 2 is 1.11 bits per heavy atom. The maximum atomic E-state index is 10.9. The van der Waals surface area contributed by atoms with Crippen LogP contribution in [0.1, 0.15) is 5.56 Å². The average Bonchev–Trinajstić information content (AvgIpc) is 4.00. The van der Waals surface area contributed by atoms with E-state index in [1.54, 1.807) is 0 Å². The Morgan fingerprint density at radius 3 is 1.89 bits per heavy atom. The van der Waals surface area contributed by atoms with E-state index in [1.807, 2.05) is 84.9 Å². The number of fused-ring (bicyclic) bond motifs is 14. The number of nitriles is 1. The van der Waals surface area contributed by atoms with Crippen molar-refractivity contribution in [1.82, 2.24) is 9.13 Å². The highest BCUT2D eigenvalue weighted by atomic mass is 16.3. The minimum absolute atomic E-state index is 0.494. The van der Waals surface area contributed by atoms with Gasteiger partial charge in [-0.25, -0.2) is 4.85 Å². The predicted octanol–water partition coefficient (Wildman–Crippen LogP) is 13.8. The van der Waals surface area contributed by atoms with Gasteiger partial charge >= 0.3 is 0 Å². The molecule has 0 unspecified atom stereocenters. The van der Waals surface area contributed by atoms with Crippen molar-refractivity contribution in [3.8, 4) is 28.6 Å². The summed E-state index contributed by atoms with van der Waals surface area (Å²) in [6, 6.07) is 55.7. The summed E-state index contributed by atoms with van der Waals surface area (Å²) in [5, 5.41) is 19.2. The lowest BCUT2D eigenvalue weighted by Gasteiger charge is -2.20. The van der Waals surface area contributed by atoms with Crippen molar-refractivity contribution in [1.29, 1.82) is 5.26 Å². The Kier molecular flexibility index (Phi) is 6.10. The topological polar surface area (TPSA) is 64.3 Å². The van der Waals surface area contributed by atoms with Crippen LogP contribution < -0.4 is 0 Å². The van der Waals surface area contributed by atoms with E-state index < -0.39 is 0 Å². The molecule has 0 N–H and O–H groups in total. The number of furan rings is 2. The van der Waals surface area contributed by atoms with Gasteiger partial charge in [0.1, 0.15) is 28.4 Å². The van der Waals surface area contributed by atoms with Crippen LogP contribution in [0.4, 0.5) is 5.69 Å². The van der Waals surface area contributed by atoms with Crippen LogP contribution in [0.25, 0.3) is 115 Å². The highest BCUT2D eigenvalue weighted by Crippen LogP contribution is 2.48. The lowest BCUT2D eigenvalue weighted by Crippen LogP contribution is -2.04. The normalized spacial score (nSPS) is 11.9. The molecule has 0 aliphatic heterocycles. The standard InChI is InChI=1S/C50H26N4O2/c1-52-38-19-11-18-33(48(38)53-40-21-7-3-15-36(40)45-41(53)26-24-35-31-14-4-8-22-42(31)56-50(35)45)32-17-10-12-29(28-51)47(32)54-39-20-6-2-13-30(39)34-25-27-44-46(49(34)54)37-16-5-9-23-43(37)55-44/h2-27H. The molecule has 12 aromatic rings. The van der Waals surface area contributed by atoms with Crippen molar-refractivity contribution >= 4 is 93.2 Å². The first-order valence-electron chi connectivity index (χ1n) is 18.4. The van der Waals surface area contributed by atoms with Gasteiger partial charge in [-0.1, -0.05) is 103 Å². The molecular weight excluding hydrogens is 689 g/mol. The second-order valence-electron chi connectivity index (χ2n) is 14.2. The van der Waals surface area contributed by atoms with Crippen molar-refractivity contribution in [3.63, 3.8) is 0 Å². The molecule has 4 heterocycles. The van der Waals surface area contributed by atoms with E-state index in [1.165, 1.54) is 0 Å². The Hall–Kier alpha value is -8.06. The minimum Gasteiger partial charge on any atom is -0.456 e. The molecular formula is C50H26N4O2. The molecule has 0 bridgehead atoms. The summed E-state index contributed by atoms with van der Waals surface area (Å²) in [5.41, 5.74) is 11.2. The molecule has 12 rings (SSSR count). The van der Waals surface area contributed by atoms with Crippen LogP contribution in [0.5, 0.6) is 0 Å². The summed E-state index contributed by atoms with van der Waals surface area (Å²) >= 11 is 0. The van der Waals surface area contributed by atoms with Gasteiger partial charge in [-0.05, 0) is 60.2 Å². The van der Waals surface area contributed by atoms with E-state index in [0.717, 1.165) is 110 Å². The monoisotopic (exact) mass is 714 g/mol. The molecule has 56 heavy (non-hydrogen) atoms. The first kappa shape index (κ1) is 30.4. The molecule has 0 aliphatic rings. The minimum atomic E-state index is 0.494. The summed E-state index contributed by atoms with van der Waals surface area (Å²) in [7, 11) is 0. The quantitative estimate of drug-likeness (QED) is 0.171. The van der Waals surface area contributed by atoms with Crippen molar-refractivity contribution in [2.75, 3.05) is 0 Å². The fraction of sp³-hybridized carbons (Fsp3) is 0. The zero-order chi connectivity index (χ0) is 37.1. The van der Waals surface area contributed by atoms with Crippen LogP contribution in [-0.4, -0.2) is 9.13 Å². The molecule has 6 nitrogen and oxygen atoms in total. The number of aromatic nitrogens is 2. The number of para-hydroxylation sites is 6. The van der Waals surface area contributed by atoms with Crippen molar-refractivity contribution < 1.29 is 8.83 Å². The van der Waals surface area contributed by atoms with Gasteiger partial charge in [0.2, 0.25) is 5.69 Å². The van der Waals surface area contributed by atoms with Gasteiger partial charge in [-0.2, -0.15) is 5.26 Å². The van der Waals surface area contributed by atoms with E-state index in [9.17, 15) is 5.26 Å². The van der Waals surface area contributed by atoms with E-state index in [4.69, 9.17) is 15.4 Å². The smallest absolute Gasteiger partial charge is 0.211 e. The zero-order valence-corrected chi connectivity index (χ0v) is 29.6. The molecule has 0 radical (unpaired) electrons. The number of hydrogen-bond donors (Lipinski definition) is 0. The van der Waals surface area contributed by atoms with Crippen molar-refractivity contribution in [3.05, 3.63) is 175 Å². The molecule has 0 atom stereocenters.